The summed E-state index contributed by atoms with van der Waals surface area (Å²) in [5.74, 6) is 0.739. The summed E-state index contributed by atoms with van der Waals surface area (Å²) in [6.07, 6.45) is 5.39. The van der Waals surface area contributed by atoms with Gasteiger partial charge in [-0.1, -0.05) is 17.3 Å². The molecule has 2 rings (SSSR count). The van der Waals surface area contributed by atoms with Crippen LogP contribution >= 0.6 is 0 Å². The van der Waals surface area contributed by atoms with Crippen LogP contribution < -0.4 is 4.90 Å². The number of hydrogen-bond acceptors (Lipinski definition) is 4. The van der Waals surface area contributed by atoms with Gasteiger partial charge in [0.2, 0.25) is 0 Å². The van der Waals surface area contributed by atoms with Gasteiger partial charge in [-0.05, 0) is 25.5 Å². The van der Waals surface area contributed by atoms with Crippen LogP contribution in [0.2, 0.25) is 0 Å². The molecule has 1 aliphatic heterocycles. The van der Waals surface area contributed by atoms with E-state index in [1.54, 1.807) is 4.80 Å². The molecule has 1 aromatic rings. The summed E-state index contributed by atoms with van der Waals surface area (Å²) < 4.78 is 0. The Morgan fingerprint density at radius 3 is 2.79 bits per heavy atom. The van der Waals surface area contributed by atoms with Gasteiger partial charge in [0.05, 0.1) is 6.04 Å². The molecular weight excluding hydrogens is 178 g/mol. The smallest absolute Gasteiger partial charge is 0.266 e. The van der Waals surface area contributed by atoms with Crippen molar-refractivity contribution in [2.75, 3.05) is 18.0 Å². The highest BCUT2D eigenvalue weighted by molar-refractivity contribution is 5.29. The molecule has 0 aromatic carbocycles. The van der Waals surface area contributed by atoms with Crippen LogP contribution in [0, 0.1) is 0 Å². The van der Waals surface area contributed by atoms with E-state index in [9.17, 15) is 0 Å². The second-order valence-corrected chi connectivity index (χ2v) is 3.71. The average molecular weight is 193 g/mol. The van der Waals surface area contributed by atoms with Gasteiger partial charge < -0.3 is 4.90 Å². The highest BCUT2D eigenvalue weighted by Gasteiger charge is 2.13. The van der Waals surface area contributed by atoms with Gasteiger partial charge in [-0.3, -0.25) is 0 Å². The third-order valence-electron chi connectivity index (χ3n) is 2.22. The molecule has 5 heteroatoms. The Hall–Kier alpha value is -1.39. The zero-order valence-corrected chi connectivity index (χ0v) is 8.59. The lowest BCUT2D eigenvalue weighted by molar-refractivity contribution is 0.455. The van der Waals surface area contributed by atoms with Gasteiger partial charge >= 0.3 is 0 Å². The summed E-state index contributed by atoms with van der Waals surface area (Å²) in [4.78, 5) is 3.78. The second-order valence-electron chi connectivity index (χ2n) is 3.71. The van der Waals surface area contributed by atoms with Crippen LogP contribution in [0.1, 0.15) is 26.3 Å². The maximum Gasteiger partial charge on any atom is 0.266 e. The SMILES string of the molecule is CC(C)n1nnc(N2CC=CCC2)n1. The molecule has 0 saturated carbocycles. The van der Waals surface area contributed by atoms with Crippen molar-refractivity contribution >= 4 is 5.95 Å². The highest BCUT2D eigenvalue weighted by Crippen LogP contribution is 2.10. The monoisotopic (exact) mass is 193 g/mol. The number of nitrogens with zero attached hydrogens (tertiary/aromatic N) is 5. The molecule has 0 bridgehead atoms. The molecule has 0 spiro atoms. The van der Waals surface area contributed by atoms with E-state index in [1.807, 2.05) is 13.8 Å². The van der Waals surface area contributed by atoms with E-state index in [-0.39, 0.29) is 6.04 Å². The number of anilines is 1. The van der Waals surface area contributed by atoms with Crippen molar-refractivity contribution in [1.29, 1.82) is 0 Å². The van der Waals surface area contributed by atoms with Crippen molar-refractivity contribution in [3.8, 4) is 0 Å². The summed E-state index contributed by atoms with van der Waals surface area (Å²) in [6.45, 7) is 5.97. The van der Waals surface area contributed by atoms with E-state index in [2.05, 4.69) is 32.5 Å². The highest BCUT2D eigenvalue weighted by atomic mass is 15.6. The Bertz CT molecular complexity index is 328. The third-order valence-corrected chi connectivity index (χ3v) is 2.22. The van der Waals surface area contributed by atoms with Gasteiger partial charge in [0.15, 0.2) is 0 Å². The lowest BCUT2D eigenvalue weighted by Gasteiger charge is -2.20. The van der Waals surface area contributed by atoms with E-state index in [0.29, 0.717) is 0 Å². The van der Waals surface area contributed by atoms with Crippen LogP contribution in [0.5, 0.6) is 0 Å². The average Bonchev–Trinajstić information content (AvgIpc) is 2.68. The normalized spacial score (nSPS) is 16.6. The molecule has 2 heterocycles. The lowest BCUT2D eigenvalue weighted by atomic mass is 10.3. The first kappa shape index (κ1) is 9.18. The first-order chi connectivity index (χ1) is 6.77. The molecule has 0 N–H and O–H groups in total. The van der Waals surface area contributed by atoms with Crippen molar-refractivity contribution in [2.45, 2.75) is 26.3 Å². The first-order valence-corrected chi connectivity index (χ1v) is 4.97. The number of hydrogen-bond donors (Lipinski definition) is 0. The Kier molecular flexibility index (Phi) is 2.47. The molecule has 0 aliphatic carbocycles. The molecule has 76 valence electrons. The fourth-order valence-corrected chi connectivity index (χ4v) is 1.39. The summed E-state index contributed by atoms with van der Waals surface area (Å²) in [6, 6.07) is 0.275. The molecular formula is C9H15N5. The van der Waals surface area contributed by atoms with Crippen LogP contribution in [0.4, 0.5) is 5.95 Å². The van der Waals surface area contributed by atoms with Crippen LogP contribution in [0.3, 0.4) is 0 Å². The molecule has 14 heavy (non-hydrogen) atoms. The summed E-state index contributed by atoms with van der Waals surface area (Å²) in [7, 11) is 0. The minimum atomic E-state index is 0.275. The maximum absolute atomic E-state index is 4.32. The van der Waals surface area contributed by atoms with E-state index in [0.717, 1.165) is 25.5 Å². The standard InChI is InChI=1S/C9H15N5/c1-8(2)14-11-9(10-12-14)13-6-4-3-5-7-13/h3-4,8H,5-7H2,1-2H3. The molecule has 0 unspecified atom stereocenters. The van der Waals surface area contributed by atoms with E-state index >= 15 is 0 Å². The molecule has 0 atom stereocenters. The summed E-state index contributed by atoms with van der Waals surface area (Å²) in [5.41, 5.74) is 0. The van der Waals surface area contributed by atoms with Gasteiger partial charge in [0, 0.05) is 13.1 Å². The molecule has 0 radical (unpaired) electrons. The predicted molar refractivity (Wildman–Crippen MR) is 54.2 cm³/mol. The van der Waals surface area contributed by atoms with E-state index in [1.165, 1.54) is 0 Å². The Morgan fingerprint density at radius 2 is 2.21 bits per heavy atom. The Balaban J connectivity index is 2.12. The summed E-state index contributed by atoms with van der Waals surface area (Å²) in [5, 5.41) is 12.4. The number of tetrazole rings is 1. The van der Waals surface area contributed by atoms with Gasteiger partial charge in [-0.2, -0.15) is 4.80 Å². The molecule has 1 aliphatic rings. The van der Waals surface area contributed by atoms with Crippen LogP contribution in [-0.4, -0.2) is 33.3 Å². The van der Waals surface area contributed by atoms with Gasteiger partial charge in [0.25, 0.3) is 5.95 Å². The lowest BCUT2D eigenvalue weighted by Crippen LogP contribution is -2.28. The first-order valence-electron chi connectivity index (χ1n) is 4.97. The number of rotatable bonds is 2. The quantitative estimate of drug-likeness (QED) is 0.658. The minimum Gasteiger partial charge on any atom is -0.334 e. The van der Waals surface area contributed by atoms with Crippen molar-refractivity contribution in [3.05, 3.63) is 12.2 Å². The molecule has 0 saturated heterocycles. The molecule has 0 fully saturated rings. The van der Waals surface area contributed by atoms with Crippen LogP contribution in [-0.2, 0) is 0 Å². The largest absolute Gasteiger partial charge is 0.334 e. The zero-order chi connectivity index (χ0) is 9.97. The van der Waals surface area contributed by atoms with Crippen molar-refractivity contribution < 1.29 is 0 Å². The molecule has 0 amide bonds. The van der Waals surface area contributed by atoms with Gasteiger partial charge in [-0.15, -0.1) is 5.10 Å². The zero-order valence-electron chi connectivity index (χ0n) is 8.59. The van der Waals surface area contributed by atoms with Crippen LogP contribution in [0.25, 0.3) is 0 Å². The third kappa shape index (κ3) is 1.76. The van der Waals surface area contributed by atoms with E-state index < -0.39 is 0 Å². The summed E-state index contributed by atoms with van der Waals surface area (Å²) >= 11 is 0. The predicted octanol–water partition coefficient (Wildman–Crippen LogP) is 1.02. The fourth-order valence-electron chi connectivity index (χ4n) is 1.39. The Morgan fingerprint density at radius 1 is 1.36 bits per heavy atom. The fraction of sp³-hybridized carbons (Fsp3) is 0.667. The topological polar surface area (TPSA) is 46.8 Å². The van der Waals surface area contributed by atoms with Gasteiger partial charge in [0.1, 0.15) is 0 Å². The maximum atomic E-state index is 4.32. The van der Waals surface area contributed by atoms with Crippen molar-refractivity contribution in [2.24, 2.45) is 0 Å². The van der Waals surface area contributed by atoms with Gasteiger partial charge in [-0.25, -0.2) is 0 Å². The van der Waals surface area contributed by atoms with E-state index in [4.69, 9.17) is 0 Å². The van der Waals surface area contributed by atoms with Crippen molar-refractivity contribution in [1.82, 2.24) is 20.2 Å². The second kappa shape index (κ2) is 3.77. The van der Waals surface area contributed by atoms with Crippen molar-refractivity contribution in [3.63, 3.8) is 0 Å². The van der Waals surface area contributed by atoms with Crippen LogP contribution in [0.15, 0.2) is 12.2 Å². The Labute approximate surface area is 83.4 Å². The number of aromatic nitrogens is 4. The molecule has 5 nitrogen and oxygen atoms in total. The minimum absolute atomic E-state index is 0.275. The molecule has 1 aromatic heterocycles.